The van der Waals surface area contributed by atoms with Gasteiger partial charge < -0.3 is 9.90 Å². The number of alkyl halides is 1. The Morgan fingerprint density at radius 1 is 1.62 bits per heavy atom. The van der Waals surface area contributed by atoms with Crippen molar-refractivity contribution in [2.24, 2.45) is 5.92 Å². The zero-order chi connectivity index (χ0) is 9.68. The Hall–Kier alpha value is -0.480. The van der Waals surface area contributed by atoms with E-state index in [1.807, 2.05) is 4.90 Å². The highest BCUT2D eigenvalue weighted by Gasteiger charge is 2.28. The van der Waals surface area contributed by atoms with Crippen molar-refractivity contribution in [3.05, 3.63) is 0 Å². The fourth-order valence-electron chi connectivity index (χ4n) is 1.75. The van der Waals surface area contributed by atoms with Gasteiger partial charge in [0, 0.05) is 19.5 Å². The van der Waals surface area contributed by atoms with Gasteiger partial charge in [0.2, 0.25) is 0 Å². The maximum atomic E-state index is 13.3. The first-order valence-corrected chi connectivity index (χ1v) is 4.69. The quantitative estimate of drug-likeness (QED) is 0.643. The van der Waals surface area contributed by atoms with Gasteiger partial charge in [0.1, 0.15) is 12.5 Å². The van der Waals surface area contributed by atoms with Crippen LogP contribution in [0.25, 0.3) is 0 Å². The summed E-state index contributed by atoms with van der Waals surface area (Å²) in [4.78, 5) is 12.1. The molecule has 0 amide bonds. The lowest BCUT2D eigenvalue weighted by Crippen LogP contribution is -2.43. The van der Waals surface area contributed by atoms with Crippen molar-refractivity contribution in [1.29, 1.82) is 0 Å². The number of aldehydes is 1. The summed E-state index contributed by atoms with van der Waals surface area (Å²) >= 11 is 0. The molecule has 1 fully saturated rings. The Bertz CT molecular complexity index is 166. The van der Waals surface area contributed by atoms with Crippen LogP contribution in [0.2, 0.25) is 0 Å². The summed E-state index contributed by atoms with van der Waals surface area (Å²) in [7, 11) is 0. The van der Waals surface area contributed by atoms with Gasteiger partial charge in [0.25, 0.3) is 0 Å². The van der Waals surface area contributed by atoms with Crippen LogP contribution in [-0.4, -0.2) is 48.7 Å². The second kappa shape index (κ2) is 5.29. The van der Waals surface area contributed by atoms with Crippen molar-refractivity contribution in [1.82, 2.24) is 4.90 Å². The van der Waals surface area contributed by atoms with Crippen LogP contribution in [0.1, 0.15) is 12.8 Å². The number of nitrogens with zero attached hydrogens (tertiary/aromatic N) is 1. The van der Waals surface area contributed by atoms with Gasteiger partial charge >= 0.3 is 0 Å². The molecule has 1 aliphatic heterocycles. The summed E-state index contributed by atoms with van der Waals surface area (Å²) in [5.74, 6) is -0.104. The Balaban J connectivity index is 2.32. The van der Waals surface area contributed by atoms with E-state index in [0.717, 1.165) is 19.3 Å². The zero-order valence-electron chi connectivity index (χ0n) is 7.66. The number of carbonyl (C=O) groups excluding carboxylic acids is 1. The number of hydrogen-bond donors (Lipinski definition) is 1. The van der Waals surface area contributed by atoms with Crippen molar-refractivity contribution in [2.45, 2.75) is 19.0 Å². The zero-order valence-corrected chi connectivity index (χ0v) is 7.66. The van der Waals surface area contributed by atoms with E-state index in [-0.39, 0.29) is 12.5 Å². The van der Waals surface area contributed by atoms with E-state index in [2.05, 4.69) is 0 Å². The third kappa shape index (κ3) is 3.04. The molecule has 1 aliphatic rings. The largest absolute Gasteiger partial charge is 0.395 e. The lowest BCUT2D eigenvalue weighted by atomic mass is 9.92. The fraction of sp³-hybridized carbons (Fsp3) is 0.889. The molecular formula is C9H16FNO2. The first-order chi connectivity index (χ1) is 6.27. The normalized spacial score (nSPS) is 30.3. The van der Waals surface area contributed by atoms with Crippen LogP contribution in [0.15, 0.2) is 0 Å². The molecule has 0 aromatic heterocycles. The van der Waals surface area contributed by atoms with Gasteiger partial charge in [-0.2, -0.15) is 0 Å². The number of piperidine rings is 1. The molecule has 0 saturated carbocycles. The monoisotopic (exact) mass is 189 g/mol. The summed E-state index contributed by atoms with van der Waals surface area (Å²) in [5, 5.41) is 8.65. The molecule has 13 heavy (non-hydrogen) atoms. The molecule has 0 aromatic rings. The molecular weight excluding hydrogens is 173 g/mol. The van der Waals surface area contributed by atoms with E-state index in [4.69, 9.17) is 5.11 Å². The number of likely N-dealkylation sites (tertiary alicyclic amines) is 1. The maximum absolute atomic E-state index is 13.3. The molecule has 1 N–H and O–H groups in total. The first-order valence-electron chi connectivity index (χ1n) is 4.69. The highest BCUT2D eigenvalue weighted by molar-refractivity contribution is 5.49. The Kier molecular flexibility index (Phi) is 4.32. The predicted molar refractivity (Wildman–Crippen MR) is 47.2 cm³/mol. The third-order valence-corrected chi connectivity index (χ3v) is 2.58. The van der Waals surface area contributed by atoms with Gasteiger partial charge in [0.15, 0.2) is 0 Å². The smallest absolute Gasteiger partial charge is 0.120 e. The summed E-state index contributed by atoms with van der Waals surface area (Å²) in [5.41, 5.74) is 0. The molecule has 76 valence electrons. The van der Waals surface area contributed by atoms with Crippen LogP contribution in [0.4, 0.5) is 4.39 Å². The molecule has 3 nitrogen and oxygen atoms in total. The molecule has 0 radical (unpaired) electrons. The summed E-state index contributed by atoms with van der Waals surface area (Å²) in [6, 6.07) is 0. The van der Waals surface area contributed by atoms with Crippen LogP contribution in [0.5, 0.6) is 0 Å². The standard InChI is InChI=1S/C9H16FNO2/c10-9-7-11(4-6-13)3-1-8(9)2-5-12/h5,8-9,13H,1-4,6-7H2. The van der Waals surface area contributed by atoms with Crippen molar-refractivity contribution >= 4 is 6.29 Å². The summed E-state index contributed by atoms with van der Waals surface area (Å²) in [6.07, 6.45) is 0.929. The van der Waals surface area contributed by atoms with Gasteiger partial charge in [-0.05, 0) is 18.9 Å². The average molecular weight is 189 g/mol. The van der Waals surface area contributed by atoms with Gasteiger partial charge in [-0.3, -0.25) is 4.90 Å². The first kappa shape index (κ1) is 10.6. The number of aliphatic hydroxyl groups is 1. The molecule has 0 aliphatic carbocycles. The Morgan fingerprint density at radius 2 is 2.38 bits per heavy atom. The molecule has 0 spiro atoms. The van der Waals surface area contributed by atoms with E-state index >= 15 is 0 Å². The number of rotatable bonds is 4. The number of β-amino-alcohol motifs (C(OH)–C–C–N with tert-alkyl or cyclic N) is 1. The van der Waals surface area contributed by atoms with Crippen LogP contribution in [0.3, 0.4) is 0 Å². The Labute approximate surface area is 77.5 Å². The Morgan fingerprint density at radius 3 is 2.92 bits per heavy atom. The SMILES string of the molecule is O=CCC1CCN(CCO)CC1F. The average Bonchev–Trinajstić information content (AvgIpc) is 2.10. The molecule has 0 bridgehead atoms. The van der Waals surface area contributed by atoms with Crippen molar-refractivity contribution in [3.8, 4) is 0 Å². The molecule has 1 heterocycles. The van der Waals surface area contributed by atoms with Crippen molar-refractivity contribution in [3.63, 3.8) is 0 Å². The van der Waals surface area contributed by atoms with Crippen molar-refractivity contribution < 1.29 is 14.3 Å². The molecule has 1 rings (SSSR count). The van der Waals surface area contributed by atoms with Gasteiger partial charge in [-0.15, -0.1) is 0 Å². The van der Waals surface area contributed by atoms with E-state index < -0.39 is 6.17 Å². The molecule has 1 saturated heterocycles. The van der Waals surface area contributed by atoms with Gasteiger partial charge in [0.05, 0.1) is 6.61 Å². The highest BCUT2D eigenvalue weighted by atomic mass is 19.1. The summed E-state index contributed by atoms with van der Waals surface area (Å²) in [6.45, 7) is 1.76. The van der Waals surface area contributed by atoms with E-state index in [0.29, 0.717) is 19.5 Å². The summed E-state index contributed by atoms with van der Waals surface area (Å²) < 4.78 is 13.3. The second-order valence-corrected chi connectivity index (χ2v) is 3.49. The highest BCUT2D eigenvalue weighted by Crippen LogP contribution is 2.22. The van der Waals surface area contributed by atoms with Gasteiger partial charge in [-0.25, -0.2) is 4.39 Å². The van der Waals surface area contributed by atoms with Crippen molar-refractivity contribution in [2.75, 3.05) is 26.2 Å². The molecule has 2 unspecified atom stereocenters. The molecule has 2 atom stereocenters. The van der Waals surface area contributed by atoms with Crippen LogP contribution < -0.4 is 0 Å². The van der Waals surface area contributed by atoms with Gasteiger partial charge in [-0.1, -0.05) is 0 Å². The molecule has 4 heteroatoms. The number of halogens is 1. The minimum absolute atomic E-state index is 0.0745. The number of aliphatic hydroxyl groups excluding tert-OH is 1. The van der Waals surface area contributed by atoms with Crippen LogP contribution in [0, 0.1) is 5.92 Å². The number of carbonyl (C=O) groups is 1. The minimum atomic E-state index is -0.912. The van der Waals surface area contributed by atoms with E-state index in [1.165, 1.54) is 0 Å². The third-order valence-electron chi connectivity index (χ3n) is 2.58. The van der Waals surface area contributed by atoms with Crippen LogP contribution in [-0.2, 0) is 4.79 Å². The van der Waals surface area contributed by atoms with Crippen LogP contribution >= 0.6 is 0 Å². The molecule has 0 aromatic carbocycles. The van der Waals surface area contributed by atoms with E-state index in [9.17, 15) is 9.18 Å². The second-order valence-electron chi connectivity index (χ2n) is 3.49. The fourth-order valence-corrected chi connectivity index (χ4v) is 1.75. The topological polar surface area (TPSA) is 40.5 Å². The number of hydrogen-bond acceptors (Lipinski definition) is 3. The maximum Gasteiger partial charge on any atom is 0.120 e. The lowest BCUT2D eigenvalue weighted by Gasteiger charge is -2.33. The minimum Gasteiger partial charge on any atom is -0.395 e. The predicted octanol–water partition coefficient (Wildman–Crippen LogP) is 0.228. The van der Waals surface area contributed by atoms with E-state index in [1.54, 1.807) is 0 Å². The lowest BCUT2D eigenvalue weighted by molar-refractivity contribution is -0.109.